The molecule has 2 amide bonds. The van der Waals surface area contributed by atoms with Gasteiger partial charge in [-0.3, -0.25) is 14.4 Å². The summed E-state index contributed by atoms with van der Waals surface area (Å²) in [4.78, 5) is 35.2. The maximum Gasteiger partial charge on any atom is 0.308 e. The summed E-state index contributed by atoms with van der Waals surface area (Å²) in [6.07, 6.45) is 2.37. The molecule has 142 valence electrons. The second-order valence-electron chi connectivity index (χ2n) is 6.16. The number of carbonyl (C=O) groups excluding carboxylic acids is 3. The van der Waals surface area contributed by atoms with E-state index >= 15 is 0 Å². The Kier molecular flexibility index (Phi) is 7.55. The molecule has 0 fully saturated rings. The van der Waals surface area contributed by atoms with Crippen molar-refractivity contribution >= 4 is 23.5 Å². The zero-order valence-electron chi connectivity index (χ0n) is 15.6. The van der Waals surface area contributed by atoms with Gasteiger partial charge in [-0.2, -0.15) is 0 Å². The Morgan fingerprint density at radius 2 is 1.81 bits per heavy atom. The molecule has 0 aliphatic carbocycles. The minimum absolute atomic E-state index is 0.0218. The van der Waals surface area contributed by atoms with Crippen LogP contribution < -0.4 is 15.4 Å². The Morgan fingerprint density at radius 1 is 1.04 bits per heavy atom. The summed E-state index contributed by atoms with van der Waals surface area (Å²) >= 11 is 0. The quantitative estimate of drug-likeness (QED) is 0.550. The fourth-order valence-corrected chi connectivity index (χ4v) is 2.46. The van der Waals surface area contributed by atoms with E-state index in [-0.39, 0.29) is 11.8 Å². The molecule has 0 aliphatic rings. The van der Waals surface area contributed by atoms with Crippen LogP contribution in [0, 0.1) is 0 Å². The second kappa shape index (κ2) is 10.1. The molecule has 0 heterocycles. The van der Waals surface area contributed by atoms with Gasteiger partial charge in [0.25, 0.3) is 5.91 Å². The van der Waals surface area contributed by atoms with Crippen LogP contribution in [0.15, 0.2) is 48.5 Å². The summed E-state index contributed by atoms with van der Waals surface area (Å²) < 4.78 is 5.00. The number of carbonyl (C=O) groups is 3. The Labute approximate surface area is 158 Å². The topological polar surface area (TPSA) is 84.5 Å². The van der Waals surface area contributed by atoms with Crippen LogP contribution in [0.25, 0.3) is 0 Å². The highest BCUT2D eigenvalue weighted by Gasteiger charge is 2.09. The van der Waals surface area contributed by atoms with Crippen molar-refractivity contribution in [3.63, 3.8) is 0 Å². The Bertz CT molecular complexity index is 817. The number of unbranched alkanes of at least 4 members (excludes halogenated alkanes) is 1. The average Bonchev–Trinajstić information content (AvgIpc) is 2.64. The molecule has 6 nitrogen and oxygen atoms in total. The van der Waals surface area contributed by atoms with E-state index in [1.54, 1.807) is 24.3 Å². The predicted molar refractivity (Wildman–Crippen MR) is 104 cm³/mol. The molecule has 0 radical (unpaired) electrons. The lowest BCUT2D eigenvalue weighted by atomic mass is 10.1. The van der Waals surface area contributed by atoms with Gasteiger partial charge >= 0.3 is 5.97 Å². The van der Waals surface area contributed by atoms with E-state index in [9.17, 15) is 14.4 Å². The van der Waals surface area contributed by atoms with Crippen LogP contribution >= 0.6 is 0 Å². The van der Waals surface area contributed by atoms with Gasteiger partial charge in [0.1, 0.15) is 5.75 Å². The first-order chi connectivity index (χ1) is 13.0. The van der Waals surface area contributed by atoms with Gasteiger partial charge in [-0.1, -0.05) is 31.5 Å². The maximum absolute atomic E-state index is 12.4. The van der Waals surface area contributed by atoms with Gasteiger partial charge in [0.05, 0.1) is 0 Å². The minimum Gasteiger partial charge on any atom is -0.427 e. The number of nitrogens with one attached hydrogen (secondary N) is 2. The SMILES string of the molecule is CCCCC(=O)NCc1cccc(NC(=O)c2cccc(OC(C)=O)c2)c1. The number of rotatable bonds is 8. The van der Waals surface area contributed by atoms with Crippen molar-refractivity contribution in [1.29, 1.82) is 0 Å². The van der Waals surface area contributed by atoms with Crippen molar-refractivity contribution in [3.8, 4) is 5.75 Å². The third-order valence-electron chi connectivity index (χ3n) is 3.79. The van der Waals surface area contributed by atoms with E-state index in [4.69, 9.17) is 4.74 Å². The van der Waals surface area contributed by atoms with E-state index in [1.807, 2.05) is 25.1 Å². The minimum atomic E-state index is -0.443. The van der Waals surface area contributed by atoms with Crippen LogP contribution in [0.2, 0.25) is 0 Å². The van der Waals surface area contributed by atoms with E-state index in [0.29, 0.717) is 30.0 Å². The molecule has 2 aromatic carbocycles. The average molecular weight is 368 g/mol. The summed E-state index contributed by atoms with van der Waals surface area (Å²) in [7, 11) is 0. The zero-order chi connectivity index (χ0) is 19.6. The highest BCUT2D eigenvalue weighted by Crippen LogP contribution is 2.16. The van der Waals surface area contributed by atoms with E-state index in [0.717, 1.165) is 18.4 Å². The standard InChI is InChI=1S/C21H24N2O4/c1-3-4-11-20(25)22-14-16-7-5-9-18(12-16)23-21(26)17-8-6-10-19(13-17)27-15(2)24/h5-10,12-13H,3-4,11,14H2,1-2H3,(H,22,25)(H,23,26). The van der Waals surface area contributed by atoms with Crippen LogP contribution in [-0.2, 0) is 16.1 Å². The summed E-state index contributed by atoms with van der Waals surface area (Å²) in [5, 5.41) is 5.68. The van der Waals surface area contributed by atoms with Crippen LogP contribution in [0.1, 0.15) is 49.0 Å². The molecule has 0 atom stereocenters. The number of hydrogen-bond donors (Lipinski definition) is 2. The van der Waals surface area contributed by atoms with Gasteiger partial charge in [-0.15, -0.1) is 0 Å². The summed E-state index contributed by atoms with van der Waals surface area (Å²) in [6, 6.07) is 13.7. The molecule has 0 saturated heterocycles. The first-order valence-corrected chi connectivity index (χ1v) is 8.93. The fourth-order valence-electron chi connectivity index (χ4n) is 2.46. The van der Waals surface area contributed by atoms with Crippen molar-refractivity contribution in [1.82, 2.24) is 5.32 Å². The predicted octanol–water partition coefficient (Wildman–Crippen LogP) is 3.67. The lowest BCUT2D eigenvalue weighted by Gasteiger charge is -2.09. The van der Waals surface area contributed by atoms with Gasteiger partial charge < -0.3 is 15.4 Å². The Hall–Kier alpha value is -3.15. The number of hydrogen-bond acceptors (Lipinski definition) is 4. The second-order valence-corrected chi connectivity index (χ2v) is 6.16. The molecule has 2 N–H and O–H groups in total. The van der Waals surface area contributed by atoms with Crippen LogP contribution in [-0.4, -0.2) is 17.8 Å². The van der Waals surface area contributed by atoms with Crippen LogP contribution in [0.5, 0.6) is 5.75 Å². The molecule has 2 aromatic rings. The Morgan fingerprint density at radius 3 is 2.56 bits per heavy atom. The number of amides is 2. The van der Waals surface area contributed by atoms with Crippen LogP contribution in [0.3, 0.4) is 0 Å². The smallest absolute Gasteiger partial charge is 0.308 e. The van der Waals surface area contributed by atoms with Crippen molar-refractivity contribution < 1.29 is 19.1 Å². The van der Waals surface area contributed by atoms with Crippen LogP contribution in [0.4, 0.5) is 5.69 Å². The molecule has 2 rings (SSSR count). The molecule has 0 aromatic heterocycles. The van der Waals surface area contributed by atoms with Gasteiger partial charge in [-0.25, -0.2) is 0 Å². The van der Waals surface area contributed by atoms with E-state index in [1.165, 1.54) is 13.0 Å². The third kappa shape index (κ3) is 6.93. The third-order valence-corrected chi connectivity index (χ3v) is 3.79. The van der Waals surface area contributed by atoms with E-state index < -0.39 is 5.97 Å². The molecule has 0 saturated carbocycles. The number of esters is 1. The molecule has 0 bridgehead atoms. The largest absolute Gasteiger partial charge is 0.427 e. The number of benzene rings is 2. The highest BCUT2D eigenvalue weighted by molar-refractivity contribution is 6.04. The summed E-state index contributed by atoms with van der Waals surface area (Å²) in [6.45, 7) is 3.76. The van der Waals surface area contributed by atoms with Crippen molar-refractivity contribution in [2.24, 2.45) is 0 Å². The number of ether oxygens (including phenoxy) is 1. The maximum atomic E-state index is 12.4. The molecule has 27 heavy (non-hydrogen) atoms. The fraction of sp³-hybridized carbons (Fsp3) is 0.286. The highest BCUT2D eigenvalue weighted by atomic mass is 16.5. The molecular formula is C21H24N2O4. The monoisotopic (exact) mass is 368 g/mol. The normalized spacial score (nSPS) is 10.1. The Balaban J connectivity index is 1.98. The van der Waals surface area contributed by atoms with Gasteiger partial charge in [0, 0.05) is 31.1 Å². The van der Waals surface area contributed by atoms with Crippen molar-refractivity contribution in [3.05, 3.63) is 59.7 Å². The summed E-state index contributed by atoms with van der Waals surface area (Å²) in [5.74, 6) is -0.415. The van der Waals surface area contributed by atoms with Gasteiger partial charge in [0.2, 0.25) is 5.91 Å². The molecule has 6 heteroatoms. The number of anilines is 1. The molecular weight excluding hydrogens is 344 g/mol. The van der Waals surface area contributed by atoms with Crippen molar-refractivity contribution in [2.45, 2.75) is 39.7 Å². The van der Waals surface area contributed by atoms with Gasteiger partial charge in [-0.05, 0) is 42.3 Å². The molecule has 0 unspecified atom stereocenters. The lowest BCUT2D eigenvalue weighted by molar-refractivity contribution is -0.131. The molecule has 0 aliphatic heterocycles. The first-order valence-electron chi connectivity index (χ1n) is 8.93. The lowest BCUT2D eigenvalue weighted by Crippen LogP contribution is -2.22. The summed E-state index contributed by atoms with van der Waals surface area (Å²) in [5.41, 5.74) is 1.90. The zero-order valence-corrected chi connectivity index (χ0v) is 15.6. The first kappa shape index (κ1) is 20.2. The van der Waals surface area contributed by atoms with E-state index in [2.05, 4.69) is 10.6 Å². The molecule has 0 spiro atoms. The van der Waals surface area contributed by atoms with Gasteiger partial charge in [0.15, 0.2) is 0 Å². The van der Waals surface area contributed by atoms with Crippen molar-refractivity contribution in [2.75, 3.05) is 5.32 Å².